The van der Waals surface area contributed by atoms with Gasteiger partial charge in [0.05, 0.1) is 11.6 Å². The van der Waals surface area contributed by atoms with Crippen LogP contribution in [0.1, 0.15) is 64.5 Å². The lowest BCUT2D eigenvalue weighted by Gasteiger charge is -2.32. The Kier molecular flexibility index (Phi) is 7.61. The van der Waals surface area contributed by atoms with E-state index in [2.05, 4.69) is 39.1 Å². The van der Waals surface area contributed by atoms with Crippen LogP contribution in [-0.4, -0.2) is 18.1 Å². The van der Waals surface area contributed by atoms with E-state index in [0.717, 1.165) is 43.5 Å². The Balaban J connectivity index is 0.000000244. The number of aryl methyl sites for hydroxylation is 1. The average molecular weight is 316 g/mol. The predicted molar refractivity (Wildman–Crippen MR) is 92.4 cm³/mol. The number of ether oxygens (including phenoxy) is 1. The minimum absolute atomic E-state index is 0.0683. The number of hydrogen-bond donors (Lipinski definition) is 1. The molecule has 1 saturated heterocycles. The fourth-order valence-electron chi connectivity index (χ4n) is 2.29. The van der Waals surface area contributed by atoms with Gasteiger partial charge in [-0.2, -0.15) is 5.26 Å². The Morgan fingerprint density at radius 2 is 2.00 bits per heavy atom. The number of carbonyl (C=O) groups is 1. The van der Waals surface area contributed by atoms with Crippen molar-refractivity contribution in [3.05, 3.63) is 29.3 Å². The number of carbonyl (C=O) groups excluding carboxylic acids is 1. The Bertz CT molecular complexity index is 551. The van der Waals surface area contributed by atoms with Crippen LogP contribution < -0.4 is 10.1 Å². The molecule has 0 radical (unpaired) electrons. The molecule has 2 aliphatic rings. The second-order valence-corrected chi connectivity index (χ2v) is 6.46. The van der Waals surface area contributed by atoms with Crippen molar-refractivity contribution in [3.8, 4) is 11.8 Å². The number of fused-ring (bicyclic) bond motifs is 1. The van der Waals surface area contributed by atoms with Gasteiger partial charge in [-0.15, -0.1) is 0 Å². The molecule has 2 heterocycles. The molecule has 1 N–H and O–H groups in total. The van der Waals surface area contributed by atoms with Crippen molar-refractivity contribution in [2.75, 3.05) is 6.54 Å². The molecule has 3 rings (SSSR count). The van der Waals surface area contributed by atoms with Crippen molar-refractivity contribution in [2.45, 2.75) is 65.4 Å². The fourth-order valence-corrected chi connectivity index (χ4v) is 2.29. The third-order valence-electron chi connectivity index (χ3n) is 3.48. The molecule has 0 aliphatic carbocycles. The maximum atomic E-state index is 10.1. The third kappa shape index (κ3) is 6.73. The Morgan fingerprint density at radius 1 is 1.30 bits per heavy atom. The van der Waals surface area contributed by atoms with Gasteiger partial charge < -0.3 is 10.1 Å². The van der Waals surface area contributed by atoms with Crippen LogP contribution >= 0.6 is 0 Å². The Morgan fingerprint density at radius 3 is 2.48 bits per heavy atom. The second-order valence-electron chi connectivity index (χ2n) is 6.46. The van der Waals surface area contributed by atoms with E-state index in [1.165, 1.54) is 6.42 Å². The lowest BCUT2D eigenvalue weighted by atomic mass is 9.93. The highest BCUT2D eigenvalue weighted by Crippen LogP contribution is 2.33. The molecular formula is C19H28N2O2. The Hall–Kier alpha value is -2.02. The van der Waals surface area contributed by atoms with Gasteiger partial charge in [0, 0.05) is 13.0 Å². The van der Waals surface area contributed by atoms with E-state index in [9.17, 15) is 4.79 Å². The summed E-state index contributed by atoms with van der Waals surface area (Å²) >= 11 is 0. The van der Waals surface area contributed by atoms with Crippen molar-refractivity contribution in [3.63, 3.8) is 0 Å². The monoisotopic (exact) mass is 316 g/mol. The number of hydrogen-bond acceptors (Lipinski definition) is 3. The van der Waals surface area contributed by atoms with Crippen LogP contribution in [0.25, 0.3) is 0 Å². The Labute approximate surface area is 139 Å². The van der Waals surface area contributed by atoms with Crippen molar-refractivity contribution in [1.82, 2.24) is 5.32 Å². The molecular weight excluding hydrogens is 288 g/mol. The summed E-state index contributed by atoms with van der Waals surface area (Å²) < 4.78 is 5.81. The summed E-state index contributed by atoms with van der Waals surface area (Å²) in [7, 11) is 0. The van der Waals surface area contributed by atoms with Gasteiger partial charge in [-0.3, -0.25) is 4.79 Å². The molecule has 4 heteroatoms. The van der Waals surface area contributed by atoms with Crippen LogP contribution in [0.2, 0.25) is 0 Å². The van der Waals surface area contributed by atoms with Crippen molar-refractivity contribution >= 4 is 5.91 Å². The molecule has 0 atom stereocenters. The van der Waals surface area contributed by atoms with Gasteiger partial charge in [0.15, 0.2) is 0 Å². The quantitative estimate of drug-likeness (QED) is 0.787. The third-order valence-corrected chi connectivity index (χ3v) is 3.48. The summed E-state index contributed by atoms with van der Waals surface area (Å²) in [5, 5.41) is 11.4. The fraction of sp³-hybridized carbons (Fsp3) is 0.579. The molecule has 0 spiro atoms. The van der Waals surface area contributed by atoms with E-state index in [1.54, 1.807) is 6.07 Å². The zero-order chi connectivity index (χ0) is 17.3. The van der Waals surface area contributed by atoms with E-state index >= 15 is 0 Å². The highest BCUT2D eigenvalue weighted by molar-refractivity contribution is 5.77. The summed E-state index contributed by atoms with van der Waals surface area (Å²) in [6.07, 6.45) is 5.02. The van der Waals surface area contributed by atoms with E-state index in [-0.39, 0.29) is 11.5 Å². The minimum Gasteiger partial charge on any atom is -0.488 e. The molecule has 23 heavy (non-hydrogen) atoms. The standard InChI is InChI=1S/C12H13NO.C4H7NO.C3H8/c1-12(2)6-5-10-7-9(8-13)3-4-11(10)14-12;6-4-2-1-3-5-4;1-3-2/h3-4,7H,5-6H2,1-2H3;1-3H2,(H,5,6);3H2,1-2H3. The number of benzene rings is 1. The van der Waals surface area contributed by atoms with E-state index in [4.69, 9.17) is 10.00 Å². The number of nitrogens with one attached hydrogen (secondary N) is 1. The van der Waals surface area contributed by atoms with E-state index in [0.29, 0.717) is 5.56 Å². The first kappa shape index (κ1) is 19.0. The molecule has 0 saturated carbocycles. The minimum atomic E-state index is -0.0683. The summed E-state index contributed by atoms with van der Waals surface area (Å²) in [6.45, 7) is 9.32. The van der Waals surface area contributed by atoms with E-state index in [1.807, 2.05) is 12.1 Å². The second kappa shape index (κ2) is 9.19. The van der Waals surface area contributed by atoms with Crippen LogP contribution in [0.3, 0.4) is 0 Å². The van der Waals surface area contributed by atoms with Crippen LogP contribution in [0.4, 0.5) is 0 Å². The van der Waals surface area contributed by atoms with Crippen molar-refractivity contribution in [2.24, 2.45) is 0 Å². The van der Waals surface area contributed by atoms with Crippen LogP contribution in [-0.2, 0) is 11.2 Å². The lowest BCUT2D eigenvalue weighted by Crippen LogP contribution is -2.32. The molecule has 2 aliphatic heterocycles. The molecule has 0 aromatic heterocycles. The molecule has 1 aromatic rings. The summed E-state index contributed by atoms with van der Waals surface area (Å²) in [5.41, 5.74) is 1.80. The number of nitrogens with zero attached hydrogens (tertiary/aromatic N) is 1. The molecule has 1 aromatic carbocycles. The van der Waals surface area contributed by atoms with Gasteiger partial charge in [-0.25, -0.2) is 0 Å². The van der Waals surface area contributed by atoms with Gasteiger partial charge in [0.2, 0.25) is 5.91 Å². The number of nitriles is 1. The molecule has 126 valence electrons. The van der Waals surface area contributed by atoms with Gasteiger partial charge in [0.25, 0.3) is 0 Å². The van der Waals surface area contributed by atoms with Crippen molar-refractivity contribution < 1.29 is 9.53 Å². The van der Waals surface area contributed by atoms with Crippen LogP contribution in [0.15, 0.2) is 18.2 Å². The lowest BCUT2D eigenvalue weighted by molar-refractivity contribution is -0.119. The van der Waals surface area contributed by atoms with Gasteiger partial charge >= 0.3 is 0 Å². The van der Waals surface area contributed by atoms with Gasteiger partial charge in [-0.1, -0.05) is 20.3 Å². The topological polar surface area (TPSA) is 62.1 Å². The van der Waals surface area contributed by atoms with Crippen LogP contribution in [0, 0.1) is 11.3 Å². The highest BCUT2D eigenvalue weighted by atomic mass is 16.5. The summed E-state index contributed by atoms with van der Waals surface area (Å²) in [6, 6.07) is 7.77. The van der Waals surface area contributed by atoms with Gasteiger partial charge in [-0.05, 0) is 56.9 Å². The summed E-state index contributed by atoms with van der Waals surface area (Å²) in [4.78, 5) is 10.1. The largest absolute Gasteiger partial charge is 0.488 e. The predicted octanol–water partition coefficient (Wildman–Crippen LogP) is 3.97. The van der Waals surface area contributed by atoms with Gasteiger partial charge in [0.1, 0.15) is 11.4 Å². The SMILES string of the molecule is CC1(C)CCc2cc(C#N)ccc2O1.CCC.O=C1CCCN1. The molecule has 0 unspecified atom stereocenters. The summed E-state index contributed by atoms with van der Waals surface area (Å²) in [5.74, 6) is 1.13. The molecule has 0 bridgehead atoms. The zero-order valence-electron chi connectivity index (χ0n) is 14.7. The maximum absolute atomic E-state index is 10.1. The molecule has 1 amide bonds. The maximum Gasteiger partial charge on any atom is 0.220 e. The first-order valence-corrected chi connectivity index (χ1v) is 8.40. The molecule has 4 nitrogen and oxygen atoms in total. The highest BCUT2D eigenvalue weighted by Gasteiger charge is 2.26. The zero-order valence-corrected chi connectivity index (χ0v) is 14.7. The number of amides is 1. The van der Waals surface area contributed by atoms with Crippen LogP contribution in [0.5, 0.6) is 5.75 Å². The average Bonchev–Trinajstić information content (AvgIpc) is 2.98. The number of rotatable bonds is 0. The first-order valence-electron chi connectivity index (χ1n) is 8.40. The van der Waals surface area contributed by atoms with Crippen molar-refractivity contribution in [1.29, 1.82) is 5.26 Å². The first-order chi connectivity index (χ1) is 10.9. The van der Waals surface area contributed by atoms with E-state index < -0.39 is 0 Å². The smallest absolute Gasteiger partial charge is 0.220 e. The molecule has 1 fully saturated rings. The normalized spacial score (nSPS) is 17.1.